The standard InChI is InChI=1S/C12H9F2N/c1-8-6-7-10(12(14)15-8)9-4-2-3-5-11(9)13/h2-7H,1H3. The third-order valence-electron chi connectivity index (χ3n) is 2.15. The van der Waals surface area contributed by atoms with Gasteiger partial charge < -0.3 is 0 Å². The van der Waals surface area contributed by atoms with Crippen LogP contribution in [0.5, 0.6) is 0 Å². The van der Waals surface area contributed by atoms with Crippen LogP contribution < -0.4 is 0 Å². The molecule has 3 heteroatoms. The Morgan fingerprint density at radius 3 is 2.33 bits per heavy atom. The monoisotopic (exact) mass is 205 g/mol. The second-order valence-electron chi connectivity index (χ2n) is 3.27. The van der Waals surface area contributed by atoms with E-state index in [1.54, 1.807) is 25.1 Å². The molecule has 0 saturated heterocycles. The Morgan fingerprint density at radius 2 is 1.67 bits per heavy atom. The van der Waals surface area contributed by atoms with Crippen LogP contribution in [0.1, 0.15) is 5.69 Å². The average molecular weight is 205 g/mol. The van der Waals surface area contributed by atoms with Crippen LogP contribution in [0, 0.1) is 18.7 Å². The molecule has 2 aromatic rings. The van der Waals surface area contributed by atoms with Crippen LogP contribution in [-0.2, 0) is 0 Å². The zero-order chi connectivity index (χ0) is 10.8. The largest absolute Gasteiger partial charge is 0.225 e. The lowest BCUT2D eigenvalue weighted by atomic mass is 10.1. The zero-order valence-electron chi connectivity index (χ0n) is 8.17. The number of rotatable bonds is 1. The highest BCUT2D eigenvalue weighted by Crippen LogP contribution is 2.24. The molecule has 0 atom stereocenters. The molecule has 15 heavy (non-hydrogen) atoms. The molecule has 0 N–H and O–H groups in total. The number of hydrogen-bond donors (Lipinski definition) is 0. The van der Waals surface area contributed by atoms with Gasteiger partial charge in [-0.3, -0.25) is 0 Å². The maximum absolute atomic E-state index is 13.4. The number of nitrogens with zero attached hydrogens (tertiary/aromatic N) is 1. The fourth-order valence-electron chi connectivity index (χ4n) is 1.41. The predicted octanol–water partition coefficient (Wildman–Crippen LogP) is 3.34. The summed E-state index contributed by atoms with van der Waals surface area (Å²) in [5, 5.41) is 0. The van der Waals surface area contributed by atoms with Gasteiger partial charge in [-0.25, -0.2) is 9.37 Å². The van der Waals surface area contributed by atoms with Crippen LogP contribution >= 0.6 is 0 Å². The molecule has 1 aromatic heterocycles. The van der Waals surface area contributed by atoms with Gasteiger partial charge in [0.05, 0.1) is 0 Å². The number of pyridine rings is 1. The maximum atomic E-state index is 13.4. The van der Waals surface area contributed by atoms with Crippen molar-refractivity contribution in [1.29, 1.82) is 0 Å². The summed E-state index contributed by atoms with van der Waals surface area (Å²) in [6.45, 7) is 1.69. The summed E-state index contributed by atoms with van der Waals surface area (Å²) < 4.78 is 26.8. The van der Waals surface area contributed by atoms with Crippen LogP contribution in [0.25, 0.3) is 11.1 Å². The van der Waals surface area contributed by atoms with Gasteiger partial charge in [-0.15, -0.1) is 0 Å². The molecule has 0 aliphatic carbocycles. The molecule has 76 valence electrons. The highest BCUT2D eigenvalue weighted by Gasteiger charge is 2.09. The summed E-state index contributed by atoms with van der Waals surface area (Å²) in [4.78, 5) is 3.66. The van der Waals surface area contributed by atoms with E-state index in [0.29, 0.717) is 5.69 Å². The minimum Gasteiger partial charge on any atom is -0.225 e. The van der Waals surface area contributed by atoms with Gasteiger partial charge in [-0.05, 0) is 25.1 Å². The SMILES string of the molecule is Cc1ccc(-c2ccccc2F)c(F)n1. The van der Waals surface area contributed by atoms with Crippen molar-refractivity contribution >= 4 is 0 Å². The first-order chi connectivity index (χ1) is 7.18. The minimum atomic E-state index is -0.639. The van der Waals surface area contributed by atoms with Crippen molar-refractivity contribution in [3.63, 3.8) is 0 Å². The Bertz CT molecular complexity index is 495. The summed E-state index contributed by atoms with van der Waals surface area (Å²) in [5.74, 6) is -1.08. The maximum Gasteiger partial charge on any atom is 0.221 e. The smallest absolute Gasteiger partial charge is 0.221 e. The van der Waals surface area contributed by atoms with E-state index in [2.05, 4.69) is 4.98 Å². The van der Waals surface area contributed by atoms with Crippen LogP contribution in [0.15, 0.2) is 36.4 Å². The lowest BCUT2D eigenvalue weighted by molar-refractivity contribution is 0.579. The molecule has 1 nitrogen and oxygen atoms in total. The first-order valence-corrected chi connectivity index (χ1v) is 4.56. The van der Waals surface area contributed by atoms with E-state index in [0.717, 1.165) is 0 Å². The average Bonchev–Trinajstić information content (AvgIpc) is 2.20. The number of halogens is 2. The Hall–Kier alpha value is -1.77. The molecule has 0 bridgehead atoms. The van der Waals surface area contributed by atoms with Gasteiger partial charge in [-0.2, -0.15) is 4.39 Å². The van der Waals surface area contributed by atoms with Crippen molar-refractivity contribution in [2.24, 2.45) is 0 Å². The van der Waals surface area contributed by atoms with Gasteiger partial charge in [-0.1, -0.05) is 18.2 Å². The normalized spacial score (nSPS) is 10.3. The molecule has 0 saturated carbocycles. The van der Waals surface area contributed by atoms with Crippen molar-refractivity contribution in [2.75, 3.05) is 0 Å². The molecule has 0 radical (unpaired) electrons. The molecule has 0 aliphatic rings. The van der Waals surface area contributed by atoms with Gasteiger partial charge in [0, 0.05) is 16.8 Å². The van der Waals surface area contributed by atoms with Crippen molar-refractivity contribution in [1.82, 2.24) is 4.98 Å². The molecule has 1 aromatic carbocycles. The topological polar surface area (TPSA) is 12.9 Å². The van der Waals surface area contributed by atoms with E-state index in [-0.39, 0.29) is 11.1 Å². The lowest BCUT2D eigenvalue weighted by Gasteiger charge is -2.04. The highest BCUT2D eigenvalue weighted by atomic mass is 19.1. The van der Waals surface area contributed by atoms with E-state index < -0.39 is 11.8 Å². The molecule has 0 unspecified atom stereocenters. The molecule has 0 aliphatic heterocycles. The van der Waals surface area contributed by atoms with Gasteiger partial charge in [0.25, 0.3) is 0 Å². The predicted molar refractivity (Wildman–Crippen MR) is 54.3 cm³/mol. The van der Waals surface area contributed by atoms with Gasteiger partial charge in [0.15, 0.2) is 0 Å². The number of aromatic nitrogens is 1. The number of hydrogen-bond acceptors (Lipinski definition) is 1. The number of aryl methyl sites for hydroxylation is 1. The summed E-state index contributed by atoms with van der Waals surface area (Å²) in [6, 6.07) is 9.26. The fraction of sp³-hybridized carbons (Fsp3) is 0.0833. The Kier molecular flexibility index (Phi) is 2.46. The molecule has 1 heterocycles. The molecule has 0 amide bonds. The van der Waals surface area contributed by atoms with Crippen molar-refractivity contribution in [2.45, 2.75) is 6.92 Å². The van der Waals surface area contributed by atoms with Crippen LogP contribution in [0.2, 0.25) is 0 Å². The van der Waals surface area contributed by atoms with Gasteiger partial charge in [0.2, 0.25) is 5.95 Å². The van der Waals surface area contributed by atoms with Crippen molar-refractivity contribution < 1.29 is 8.78 Å². The highest BCUT2D eigenvalue weighted by molar-refractivity contribution is 5.63. The van der Waals surface area contributed by atoms with Crippen LogP contribution in [0.4, 0.5) is 8.78 Å². The molecule has 0 spiro atoms. The van der Waals surface area contributed by atoms with Gasteiger partial charge in [0.1, 0.15) is 5.82 Å². The summed E-state index contributed by atoms with van der Waals surface area (Å²) in [7, 11) is 0. The van der Waals surface area contributed by atoms with Crippen molar-refractivity contribution in [3.05, 3.63) is 53.9 Å². The Labute approximate surface area is 86.4 Å². The van der Waals surface area contributed by atoms with E-state index in [9.17, 15) is 8.78 Å². The summed E-state index contributed by atoms with van der Waals surface area (Å²) in [6.07, 6.45) is 0. The van der Waals surface area contributed by atoms with E-state index in [1.165, 1.54) is 18.2 Å². The van der Waals surface area contributed by atoms with Crippen LogP contribution in [0.3, 0.4) is 0 Å². The molecular weight excluding hydrogens is 196 g/mol. The van der Waals surface area contributed by atoms with Gasteiger partial charge >= 0.3 is 0 Å². The lowest BCUT2D eigenvalue weighted by Crippen LogP contribution is -1.93. The molecule has 2 rings (SSSR count). The Morgan fingerprint density at radius 1 is 0.933 bits per heavy atom. The molecule has 0 fully saturated rings. The third kappa shape index (κ3) is 1.86. The Balaban J connectivity index is 2.60. The third-order valence-corrected chi connectivity index (χ3v) is 2.15. The first kappa shape index (κ1) is 9.77. The van der Waals surface area contributed by atoms with E-state index in [1.807, 2.05) is 0 Å². The van der Waals surface area contributed by atoms with Crippen molar-refractivity contribution in [3.8, 4) is 11.1 Å². The second-order valence-corrected chi connectivity index (χ2v) is 3.27. The quantitative estimate of drug-likeness (QED) is 0.650. The first-order valence-electron chi connectivity index (χ1n) is 4.56. The minimum absolute atomic E-state index is 0.193. The zero-order valence-corrected chi connectivity index (χ0v) is 8.17. The van der Waals surface area contributed by atoms with E-state index >= 15 is 0 Å². The summed E-state index contributed by atoms with van der Waals surface area (Å²) >= 11 is 0. The second kappa shape index (κ2) is 3.77. The number of benzene rings is 1. The van der Waals surface area contributed by atoms with Crippen LogP contribution in [-0.4, -0.2) is 4.98 Å². The summed E-state index contributed by atoms with van der Waals surface area (Å²) in [5.41, 5.74) is 1.01. The molecular formula is C12H9F2N. The van der Waals surface area contributed by atoms with E-state index in [4.69, 9.17) is 0 Å². The fourth-order valence-corrected chi connectivity index (χ4v) is 1.41.